The molecule has 0 bridgehead atoms. The van der Waals surface area contributed by atoms with Gasteiger partial charge in [-0.1, -0.05) is 42.5 Å². The van der Waals surface area contributed by atoms with Crippen molar-refractivity contribution in [3.8, 4) is 0 Å². The first-order valence-electron chi connectivity index (χ1n) is 9.02. The molecule has 140 valence electrons. The third-order valence-electron chi connectivity index (χ3n) is 3.93. The third kappa shape index (κ3) is 5.05. The molecule has 0 unspecified atom stereocenters. The van der Waals surface area contributed by atoms with Crippen molar-refractivity contribution in [2.24, 2.45) is 0 Å². The molecular weight excluding hydrogens is 368 g/mol. The van der Waals surface area contributed by atoms with Gasteiger partial charge in [0.1, 0.15) is 0 Å². The molecule has 0 radical (unpaired) electrons. The molecular formula is C21H20N6S. The van der Waals surface area contributed by atoms with Gasteiger partial charge in [0.05, 0.1) is 0 Å². The van der Waals surface area contributed by atoms with Crippen molar-refractivity contribution in [3.63, 3.8) is 0 Å². The average molecular weight is 389 g/mol. The zero-order valence-corrected chi connectivity index (χ0v) is 16.0. The fourth-order valence-electron chi connectivity index (χ4n) is 2.62. The lowest BCUT2D eigenvalue weighted by atomic mass is 10.3. The number of rotatable bonds is 8. The van der Waals surface area contributed by atoms with E-state index in [0.29, 0.717) is 17.8 Å². The van der Waals surface area contributed by atoms with Crippen molar-refractivity contribution < 1.29 is 0 Å². The van der Waals surface area contributed by atoms with E-state index in [0.717, 1.165) is 24.3 Å². The van der Waals surface area contributed by atoms with E-state index in [4.69, 9.17) is 0 Å². The highest BCUT2D eigenvalue weighted by atomic mass is 32.1. The lowest BCUT2D eigenvalue weighted by molar-refractivity contribution is 0.980. The first kappa shape index (κ1) is 17.9. The Balaban J connectivity index is 1.52. The Bertz CT molecular complexity index is 930. The number of anilines is 5. The zero-order chi connectivity index (χ0) is 19.0. The molecule has 0 atom stereocenters. The van der Waals surface area contributed by atoms with Gasteiger partial charge in [-0.2, -0.15) is 15.0 Å². The quantitative estimate of drug-likeness (QED) is 0.391. The molecule has 2 aromatic carbocycles. The van der Waals surface area contributed by atoms with Gasteiger partial charge in [-0.25, -0.2) is 0 Å². The van der Waals surface area contributed by atoms with Crippen molar-refractivity contribution in [2.75, 3.05) is 22.5 Å². The smallest absolute Gasteiger partial charge is 0.233 e. The van der Waals surface area contributed by atoms with Gasteiger partial charge in [0.2, 0.25) is 17.8 Å². The number of benzene rings is 2. The van der Waals surface area contributed by atoms with Crippen LogP contribution < -0.4 is 16.0 Å². The number of nitrogens with one attached hydrogen (secondary N) is 3. The van der Waals surface area contributed by atoms with Gasteiger partial charge in [0.15, 0.2) is 0 Å². The van der Waals surface area contributed by atoms with Gasteiger partial charge < -0.3 is 16.0 Å². The third-order valence-corrected chi connectivity index (χ3v) is 4.87. The molecule has 6 nitrogen and oxygen atoms in total. The van der Waals surface area contributed by atoms with Gasteiger partial charge in [-0.3, -0.25) is 0 Å². The average Bonchev–Trinajstić information content (AvgIpc) is 3.23. The minimum absolute atomic E-state index is 0.484. The molecule has 0 saturated carbocycles. The molecule has 0 aliphatic carbocycles. The zero-order valence-electron chi connectivity index (χ0n) is 15.2. The van der Waals surface area contributed by atoms with E-state index in [9.17, 15) is 0 Å². The van der Waals surface area contributed by atoms with Crippen LogP contribution in [0, 0.1) is 0 Å². The predicted octanol–water partition coefficient (Wildman–Crippen LogP) is 5.07. The highest BCUT2D eigenvalue weighted by Crippen LogP contribution is 2.18. The Morgan fingerprint density at radius 1 is 0.643 bits per heavy atom. The molecule has 0 spiro atoms. The highest BCUT2D eigenvalue weighted by molar-refractivity contribution is 7.09. The molecule has 2 heterocycles. The maximum Gasteiger partial charge on any atom is 0.233 e. The number of hydrogen-bond donors (Lipinski definition) is 3. The van der Waals surface area contributed by atoms with Crippen molar-refractivity contribution in [1.29, 1.82) is 0 Å². The Kier molecular flexibility index (Phi) is 5.74. The first-order chi connectivity index (χ1) is 13.8. The van der Waals surface area contributed by atoms with Crippen LogP contribution in [0.5, 0.6) is 0 Å². The Hall–Kier alpha value is -3.45. The summed E-state index contributed by atoms with van der Waals surface area (Å²) in [5.74, 6) is 1.50. The second-order valence-corrected chi connectivity index (χ2v) is 7.08. The molecule has 0 fully saturated rings. The molecule has 0 aliphatic rings. The van der Waals surface area contributed by atoms with E-state index in [1.165, 1.54) is 4.88 Å². The fourth-order valence-corrected chi connectivity index (χ4v) is 3.33. The largest absolute Gasteiger partial charge is 0.354 e. The highest BCUT2D eigenvalue weighted by Gasteiger charge is 2.08. The van der Waals surface area contributed by atoms with Crippen LogP contribution >= 0.6 is 11.3 Å². The minimum Gasteiger partial charge on any atom is -0.354 e. The van der Waals surface area contributed by atoms with Gasteiger partial charge in [0.25, 0.3) is 0 Å². The normalized spacial score (nSPS) is 10.4. The molecule has 4 aromatic rings. The van der Waals surface area contributed by atoms with Crippen LogP contribution in [0.4, 0.5) is 29.2 Å². The minimum atomic E-state index is 0.484. The standard InChI is InChI=1S/C21H20N6S/c1-3-8-16(9-4-1)23-20-25-19(22-14-13-18-12-7-15-28-18)26-21(27-20)24-17-10-5-2-6-11-17/h1-12,15H,13-14H2,(H3,22,23,24,25,26,27). The topological polar surface area (TPSA) is 74.8 Å². The van der Waals surface area contributed by atoms with Gasteiger partial charge in [-0.15, -0.1) is 11.3 Å². The first-order valence-corrected chi connectivity index (χ1v) is 9.89. The van der Waals surface area contributed by atoms with Crippen molar-refractivity contribution in [3.05, 3.63) is 83.1 Å². The van der Waals surface area contributed by atoms with Crippen LogP contribution in [0.25, 0.3) is 0 Å². The molecule has 7 heteroatoms. The number of thiophene rings is 1. The second-order valence-electron chi connectivity index (χ2n) is 6.04. The van der Waals surface area contributed by atoms with Crippen LogP contribution in [0.3, 0.4) is 0 Å². The van der Waals surface area contributed by atoms with Crippen LogP contribution in [-0.4, -0.2) is 21.5 Å². The lowest BCUT2D eigenvalue weighted by Crippen LogP contribution is -2.11. The molecule has 2 aromatic heterocycles. The van der Waals surface area contributed by atoms with Crippen molar-refractivity contribution >= 4 is 40.6 Å². The Morgan fingerprint density at radius 3 is 1.75 bits per heavy atom. The molecule has 3 N–H and O–H groups in total. The summed E-state index contributed by atoms with van der Waals surface area (Å²) in [4.78, 5) is 14.8. The van der Waals surface area contributed by atoms with E-state index in [2.05, 4.69) is 48.4 Å². The summed E-state index contributed by atoms with van der Waals surface area (Å²) in [6.45, 7) is 0.750. The SMILES string of the molecule is c1ccc(Nc2nc(NCCc3cccs3)nc(Nc3ccccc3)n2)cc1. The van der Waals surface area contributed by atoms with Gasteiger partial charge in [0, 0.05) is 22.8 Å². The van der Waals surface area contributed by atoms with E-state index >= 15 is 0 Å². The van der Waals surface area contributed by atoms with Crippen LogP contribution in [0.15, 0.2) is 78.2 Å². The molecule has 0 amide bonds. The summed E-state index contributed by atoms with van der Waals surface area (Å²) in [6, 6.07) is 23.9. The molecule has 0 saturated heterocycles. The van der Waals surface area contributed by atoms with Crippen LogP contribution in [0.1, 0.15) is 4.88 Å². The molecule has 28 heavy (non-hydrogen) atoms. The van der Waals surface area contributed by atoms with E-state index < -0.39 is 0 Å². The van der Waals surface area contributed by atoms with Crippen LogP contribution in [0.2, 0.25) is 0 Å². The summed E-state index contributed by atoms with van der Waals surface area (Å²) in [6.07, 6.45) is 0.923. The fraction of sp³-hybridized carbons (Fsp3) is 0.0952. The maximum absolute atomic E-state index is 4.51. The Morgan fingerprint density at radius 2 is 1.21 bits per heavy atom. The van der Waals surface area contributed by atoms with E-state index in [1.807, 2.05) is 60.7 Å². The number of nitrogens with zero attached hydrogens (tertiary/aromatic N) is 3. The number of hydrogen-bond acceptors (Lipinski definition) is 7. The number of para-hydroxylation sites is 2. The van der Waals surface area contributed by atoms with E-state index in [-0.39, 0.29) is 0 Å². The number of aromatic nitrogens is 3. The molecule has 4 rings (SSSR count). The second kappa shape index (κ2) is 8.96. The monoisotopic (exact) mass is 388 g/mol. The van der Waals surface area contributed by atoms with Crippen molar-refractivity contribution in [2.45, 2.75) is 6.42 Å². The summed E-state index contributed by atoms with van der Waals surface area (Å²) in [5, 5.41) is 11.9. The predicted molar refractivity (Wildman–Crippen MR) is 116 cm³/mol. The van der Waals surface area contributed by atoms with Gasteiger partial charge in [-0.05, 0) is 42.1 Å². The summed E-state index contributed by atoms with van der Waals surface area (Å²) in [5.41, 5.74) is 1.84. The van der Waals surface area contributed by atoms with E-state index in [1.54, 1.807) is 11.3 Å². The van der Waals surface area contributed by atoms with Crippen molar-refractivity contribution in [1.82, 2.24) is 15.0 Å². The molecule has 0 aliphatic heterocycles. The Labute approximate surface area is 167 Å². The van der Waals surface area contributed by atoms with Gasteiger partial charge >= 0.3 is 0 Å². The van der Waals surface area contributed by atoms with Crippen LogP contribution in [-0.2, 0) is 6.42 Å². The lowest BCUT2D eigenvalue weighted by Gasteiger charge is -2.11. The summed E-state index contributed by atoms with van der Waals surface area (Å²) >= 11 is 1.75. The summed E-state index contributed by atoms with van der Waals surface area (Å²) in [7, 11) is 0. The summed E-state index contributed by atoms with van der Waals surface area (Å²) < 4.78 is 0. The maximum atomic E-state index is 4.51.